The molecule has 0 atom stereocenters. The highest BCUT2D eigenvalue weighted by Gasteiger charge is 2.24. The van der Waals surface area contributed by atoms with Gasteiger partial charge in [-0.3, -0.25) is 9.79 Å². The lowest BCUT2D eigenvalue weighted by Gasteiger charge is -2.29. The van der Waals surface area contributed by atoms with Gasteiger partial charge < -0.3 is 20.3 Å². The van der Waals surface area contributed by atoms with Crippen LogP contribution in [0.1, 0.15) is 17.5 Å². The van der Waals surface area contributed by atoms with Crippen molar-refractivity contribution < 1.29 is 9.53 Å². The van der Waals surface area contributed by atoms with Crippen molar-refractivity contribution >= 4 is 17.6 Å². The number of guanidine groups is 1. The summed E-state index contributed by atoms with van der Waals surface area (Å²) in [5.41, 5.74) is 3.34. The van der Waals surface area contributed by atoms with E-state index in [2.05, 4.69) is 34.7 Å². The van der Waals surface area contributed by atoms with E-state index in [4.69, 9.17) is 4.74 Å². The molecule has 0 saturated carbocycles. The molecule has 0 saturated heterocycles. The molecule has 2 aromatic carbocycles. The number of benzene rings is 2. The number of nitrogens with zero attached hydrogens (tertiary/aromatic N) is 2. The SMILES string of the molecule is CN=C(NCCCN1C(=O)COc2ccccc21)NCc1ccccc1C. The molecule has 27 heavy (non-hydrogen) atoms. The van der Waals surface area contributed by atoms with Crippen molar-refractivity contribution in [3.8, 4) is 5.75 Å². The van der Waals surface area contributed by atoms with Crippen LogP contribution in [0.25, 0.3) is 0 Å². The molecule has 0 bridgehead atoms. The van der Waals surface area contributed by atoms with E-state index in [9.17, 15) is 4.79 Å². The van der Waals surface area contributed by atoms with Gasteiger partial charge in [-0.05, 0) is 36.6 Å². The number of aliphatic imine (C=N–C) groups is 1. The molecule has 142 valence electrons. The second kappa shape index (κ2) is 9.07. The average molecular weight is 366 g/mol. The summed E-state index contributed by atoms with van der Waals surface area (Å²) in [6.45, 7) is 4.29. The maximum atomic E-state index is 12.2. The van der Waals surface area contributed by atoms with Gasteiger partial charge in [-0.15, -0.1) is 0 Å². The zero-order valence-electron chi connectivity index (χ0n) is 15.9. The number of aryl methyl sites for hydroxylation is 1. The summed E-state index contributed by atoms with van der Waals surface area (Å²) < 4.78 is 5.48. The molecule has 1 amide bonds. The number of carbonyl (C=O) groups excluding carboxylic acids is 1. The lowest BCUT2D eigenvalue weighted by Crippen LogP contribution is -2.42. The second-order valence-electron chi connectivity index (χ2n) is 6.43. The van der Waals surface area contributed by atoms with Crippen LogP contribution in [0, 0.1) is 6.92 Å². The summed E-state index contributed by atoms with van der Waals surface area (Å²) in [6.07, 6.45) is 0.811. The van der Waals surface area contributed by atoms with Gasteiger partial charge in [0.1, 0.15) is 5.75 Å². The summed E-state index contributed by atoms with van der Waals surface area (Å²) in [5.74, 6) is 1.52. The van der Waals surface area contributed by atoms with E-state index in [1.54, 1.807) is 11.9 Å². The molecule has 1 heterocycles. The molecule has 2 N–H and O–H groups in total. The fourth-order valence-corrected chi connectivity index (χ4v) is 3.05. The first kappa shape index (κ1) is 18.8. The molecular weight excluding hydrogens is 340 g/mol. The Morgan fingerprint density at radius 3 is 2.74 bits per heavy atom. The first-order valence-electron chi connectivity index (χ1n) is 9.20. The van der Waals surface area contributed by atoms with E-state index in [-0.39, 0.29) is 12.5 Å². The van der Waals surface area contributed by atoms with Crippen LogP contribution in [0.5, 0.6) is 5.75 Å². The van der Waals surface area contributed by atoms with Crippen molar-refractivity contribution in [2.24, 2.45) is 4.99 Å². The van der Waals surface area contributed by atoms with Gasteiger partial charge in [-0.1, -0.05) is 36.4 Å². The molecule has 2 aromatic rings. The summed E-state index contributed by atoms with van der Waals surface area (Å²) in [7, 11) is 1.76. The maximum Gasteiger partial charge on any atom is 0.265 e. The van der Waals surface area contributed by atoms with Gasteiger partial charge in [-0.25, -0.2) is 0 Å². The molecule has 0 aliphatic carbocycles. The van der Waals surface area contributed by atoms with Crippen LogP contribution in [0.15, 0.2) is 53.5 Å². The predicted molar refractivity (Wildman–Crippen MR) is 108 cm³/mol. The minimum atomic E-state index is -0.00393. The standard InChI is InChI=1S/C21H26N4O2/c1-16-8-3-4-9-17(16)14-24-21(22-2)23-12-7-13-25-18-10-5-6-11-19(18)27-15-20(25)26/h3-6,8-11H,7,12-15H2,1-2H3,(H2,22,23,24). The van der Waals surface area contributed by atoms with E-state index in [0.29, 0.717) is 6.54 Å². The lowest BCUT2D eigenvalue weighted by molar-refractivity contribution is -0.121. The number of hydrogen-bond acceptors (Lipinski definition) is 3. The summed E-state index contributed by atoms with van der Waals surface area (Å²) in [6, 6.07) is 15.9. The Kier molecular flexibility index (Phi) is 6.30. The largest absolute Gasteiger partial charge is 0.482 e. The van der Waals surface area contributed by atoms with Crippen LogP contribution in [-0.4, -0.2) is 38.6 Å². The third-order valence-corrected chi connectivity index (χ3v) is 4.59. The van der Waals surface area contributed by atoms with Crippen molar-refractivity contribution in [3.05, 3.63) is 59.7 Å². The van der Waals surface area contributed by atoms with Crippen molar-refractivity contribution in [1.29, 1.82) is 0 Å². The lowest BCUT2D eigenvalue weighted by atomic mass is 10.1. The summed E-state index contributed by atoms with van der Waals surface area (Å²) >= 11 is 0. The van der Waals surface area contributed by atoms with Crippen molar-refractivity contribution in [2.75, 3.05) is 31.6 Å². The highest BCUT2D eigenvalue weighted by Crippen LogP contribution is 2.31. The number of para-hydroxylation sites is 2. The zero-order valence-corrected chi connectivity index (χ0v) is 15.9. The number of rotatable bonds is 6. The third-order valence-electron chi connectivity index (χ3n) is 4.59. The Morgan fingerprint density at radius 1 is 1.15 bits per heavy atom. The summed E-state index contributed by atoms with van der Waals surface area (Å²) in [4.78, 5) is 18.2. The van der Waals surface area contributed by atoms with Gasteiger partial charge in [0.2, 0.25) is 0 Å². The molecule has 0 spiro atoms. The highest BCUT2D eigenvalue weighted by atomic mass is 16.5. The molecule has 0 unspecified atom stereocenters. The van der Waals surface area contributed by atoms with Crippen LogP contribution < -0.4 is 20.3 Å². The van der Waals surface area contributed by atoms with Gasteiger partial charge in [0.25, 0.3) is 5.91 Å². The van der Waals surface area contributed by atoms with Crippen LogP contribution >= 0.6 is 0 Å². The zero-order chi connectivity index (χ0) is 19.1. The topological polar surface area (TPSA) is 66.0 Å². The maximum absolute atomic E-state index is 12.2. The smallest absolute Gasteiger partial charge is 0.265 e. The van der Waals surface area contributed by atoms with E-state index in [1.807, 2.05) is 36.4 Å². The predicted octanol–water partition coefficient (Wildman–Crippen LogP) is 2.48. The Bertz CT molecular complexity index is 819. The fourth-order valence-electron chi connectivity index (χ4n) is 3.05. The van der Waals surface area contributed by atoms with Crippen molar-refractivity contribution in [1.82, 2.24) is 10.6 Å². The van der Waals surface area contributed by atoms with Crippen LogP contribution in [0.2, 0.25) is 0 Å². The van der Waals surface area contributed by atoms with Gasteiger partial charge >= 0.3 is 0 Å². The van der Waals surface area contributed by atoms with E-state index in [0.717, 1.165) is 36.9 Å². The number of amides is 1. The van der Waals surface area contributed by atoms with E-state index >= 15 is 0 Å². The third kappa shape index (κ3) is 4.78. The van der Waals surface area contributed by atoms with Gasteiger partial charge in [0, 0.05) is 26.7 Å². The molecular formula is C21H26N4O2. The second-order valence-corrected chi connectivity index (χ2v) is 6.43. The van der Waals surface area contributed by atoms with Gasteiger partial charge in [0.05, 0.1) is 5.69 Å². The number of ether oxygens (including phenoxy) is 1. The average Bonchev–Trinajstić information content (AvgIpc) is 2.70. The van der Waals surface area contributed by atoms with E-state index in [1.165, 1.54) is 11.1 Å². The first-order valence-corrected chi connectivity index (χ1v) is 9.20. The Morgan fingerprint density at radius 2 is 1.93 bits per heavy atom. The molecule has 3 rings (SSSR count). The first-order chi connectivity index (χ1) is 13.2. The molecule has 6 heteroatoms. The highest BCUT2D eigenvalue weighted by molar-refractivity contribution is 5.97. The van der Waals surface area contributed by atoms with Gasteiger partial charge in [0.15, 0.2) is 12.6 Å². The van der Waals surface area contributed by atoms with Crippen LogP contribution in [-0.2, 0) is 11.3 Å². The van der Waals surface area contributed by atoms with E-state index < -0.39 is 0 Å². The van der Waals surface area contributed by atoms with Crippen LogP contribution in [0.3, 0.4) is 0 Å². The molecule has 1 aliphatic heterocycles. The minimum Gasteiger partial charge on any atom is -0.482 e. The summed E-state index contributed by atoms with van der Waals surface area (Å²) in [5, 5.41) is 6.63. The quantitative estimate of drug-likeness (QED) is 0.468. The van der Waals surface area contributed by atoms with Crippen molar-refractivity contribution in [2.45, 2.75) is 19.9 Å². The molecule has 0 fully saturated rings. The Hall–Kier alpha value is -3.02. The number of nitrogens with one attached hydrogen (secondary N) is 2. The normalized spacial score (nSPS) is 13.8. The Labute approximate surface area is 160 Å². The molecule has 0 aromatic heterocycles. The number of carbonyl (C=O) groups is 1. The number of anilines is 1. The molecule has 1 aliphatic rings. The van der Waals surface area contributed by atoms with Crippen molar-refractivity contribution in [3.63, 3.8) is 0 Å². The molecule has 0 radical (unpaired) electrons. The molecule has 6 nitrogen and oxygen atoms in total. The Balaban J connectivity index is 1.46. The fraction of sp³-hybridized carbons (Fsp3) is 0.333. The van der Waals surface area contributed by atoms with Gasteiger partial charge in [-0.2, -0.15) is 0 Å². The monoisotopic (exact) mass is 366 g/mol. The number of hydrogen-bond donors (Lipinski definition) is 2. The van der Waals surface area contributed by atoms with Crippen LogP contribution in [0.4, 0.5) is 5.69 Å². The number of fused-ring (bicyclic) bond motifs is 1. The minimum absolute atomic E-state index is 0.00393.